The molecule has 0 fully saturated rings. The van der Waals surface area contributed by atoms with Crippen molar-refractivity contribution in [2.75, 3.05) is 11.1 Å². The summed E-state index contributed by atoms with van der Waals surface area (Å²) in [6, 6.07) is 8.37. The van der Waals surface area contributed by atoms with E-state index in [0.717, 1.165) is 6.54 Å². The summed E-state index contributed by atoms with van der Waals surface area (Å²) >= 11 is 1.34. The van der Waals surface area contributed by atoms with Crippen LogP contribution in [0.4, 0.5) is 10.2 Å². The lowest BCUT2D eigenvalue weighted by atomic mass is 10.2. The summed E-state index contributed by atoms with van der Waals surface area (Å²) in [5, 5.41) is 7.05. The zero-order valence-corrected chi connectivity index (χ0v) is 13.6. The first-order chi connectivity index (χ1) is 10.6. The second-order valence-electron chi connectivity index (χ2n) is 5.37. The summed E-state index contributed by atoms with van der Waals surface area (Å²) in [7, 11) is 0. The highest BCUT2D eigenvalue weighted by molar-refractivity contribution is 7.99. The Labute approximate surface area is 134 Å². The number of carbonyl (C=O) groups excluding carboxylic acids is 1. The molecule has 0 aliphatic rings. The van der Waals surface area contributed by atoms with Crippen LogP contribution in [0, 0.1) is 11.7 Å². The van der Waals surface area contributed by atoms with Gasteiger partial charge >= 0.3 is 0 Å². The number of rotatable bonds is 7. The summed E-state index contributed by atoms with van der Waals surface area (Å²) in [4.78, 5) is 12.5. The summed E-state index contributed by atoms with van der Waals surface area (Å²) < 4.78 is 15.2. The molecule has 22 heavy (non-hydrogen) atoms. The maximum atomic E-state index is 13.5. The molecule has 1 amide bonds. The standard InChI is InChI=1S/C16H20FN3OS/c1-12(2)11-20-15(7-9-18-20)19-16(21)8-10-22-14-6-4-3-5-13(14)17/h3-7,9,12H,8,10-11H2,1-2H3,(H,19,21). The highest BCUT2D eigenvalue weighted by Crippen LogP contribution is 2.22. The first-order valence-corrected chi connectivity index (χ1v) is 8.24. The number of nitrogens with one attached hydrogen (secondary N) is 1. The van der Waals surface area contributed by atoms with Gasteiger partial charge in [-0.25, -0.2) is 9.07 Å². The van der Waals surface area contributed by atoms with Gasteiger partial charge in [-0.1, -0.05) is 26.0 Å². The smallest absolute Gasteiger partial charge is 0.226 e. The fraction of sp³-hybridized carbons (Fsp3) is 0.375. The average Bonchev–Trinajstić information content (AvgIpc) is 2.87. The summed E-state index contributed by atoms with van der Waals surface area (Å²) in [5.41, 5.74) is 0. The number of hydrogen-bond donors (Lipinski definition) is 1. The van der Waals surface area contributed by atoms with E-state index in [0.29, 0.717) is 28.8 Å². The van der Waals surface area contributed by atoms with Gasteiger partial charge in [-0.05, 0) is 18.1 Å². The predicted molar refractivity (Wildman–Crippen MR) is 87.4 cm³/mol. The maximum Gasteiger partial charge on any atom is 0.226 e. The molecule has 1 N–H and O–H groups in total. The van der Waals surface area contributed by atoms with E-state index in [1.54, 1.807) is 35.1 Å². The van der Waals surface area contributed by atoms with Gasteiger partial charge in [0.2, 0.25) is 5.91 Å². The first kappa shape index (κ1) is 16.5. The van der Waals surface area contributed by atoms with E-state index in [2.05, 4.69) is 24.3 Å². The number of halogens is 1. The molecule has 0 spiro atoms. The third-order valence-corrected chi connectivity index (χ3v) is 4.00. The van der Waals surface area contributed by atoms with Gasteiger partial charge in [-0.2, -0.15) is 5.10 Å². The minimum absolute atomic E-state index is 0.0886. The molecule has 0 bridgehead atoms. The van der Waals surface area contributed by atoms with E-state index in [9.17, 15) is 9.18 Å². The highest BCUT2D eigenvalue weighted by Gasteiger charge is 2.09. The molecule has 0 aliphatic carbocycles. The van der Waals surface area contributed by atoms with Crippen LogP contribution in [0.2, 0.25) is 0 Å². The lowest BCUT2D eigenvalue weighted by Gasteiger charge is -2.10. The van der Waals surface area contributed by atoms with Gasteiger partial charge in [0.05, 0.1) is 6.20 Å². The number of amides is 1. The van der Waals surface area contributed by atoms with Crippen LogP contribution >= 0.6 is 11.8 Å². The van der Waals surface area contributed by atoms with Crippen LogP contribution in [-0.4, -0.2) is 21.4 Å². The average molecular weight is 321 g/mol. The molecule has 118 valence electrons. The van der Waals surface area contributed by atoms with E-state index in [1.807, 2.05) is 0 Å². The first-order valence-electron chi connectivity index (χ1n) is 7.25. The Morgan fingerprint density at radius 1 is 1.36 bits per heavy atom. The summed E-state index contributed by atoms with van der Waals surface area (Å²) in [5.74, 6) is 1.35. The normalized spacial score (nSPS) is 10.9. The van der Waals surface area contributed by atoms with Crippen molar-refractivity contribution in [3.8, 4) is 0 Å². The van der Waals surface area contributed by atoms with Crippen molar-refractivity contribution in [2.45, 2.75) is 31.7 Å². The Balaban J connectivity index is 1.81. The predicted octanol–water partition coefficient (Wildman–Crippen LogP) is 3.80. The molecule has 2 aromatic rings. The second-order valence-corrected chi connectivity index (χ2v) is 6.51. The number of nitrogens with zero attached hydrogens (tertiary/aromatic N) is 2. The van der Waals surface area contributed by atoms with Gasteiger partial charge in [-0.15, -0.1) is 11.8 Å². The minimum Gasteiger partial charge on any atom is -0.311 e. The number of anilines is 1. The summed E-state index contributed by atoms with van der Waals surface area (Å²) in [6.45, 7) is 4.95. The van der Waals surface area contributed by atoms with Crippen LogP contribution in [0.25, 0.3) is 0 Å². The lowest BCUT2D eigenvalue weighted by molar-refractivity contribution is -0.115. The molecule has 1 aromatic carbocycles. The fourth-order valence-electron chi connectivity index (χ4n) is 1.95. The van der Waals surface area contributed by atoms with Gasteiger partial charge < -0.3 is 5.32 Å². The van der Waals surface area contributed by atoms with Crippen molar-refractivity contribution in [2.24, 2.45) is 5.92 Å². The molecule has 0 radical (unpaired) electrons. The van der Waals surface area contributed by atoms with Crippen LogP contribution < -0.4 is 5.32 Å². The zero-order chi connectivity index (χ0) is 15.9. The lowest BCUT2D eigenvalue weighted by Crippen LogP contribution is -2.17. The van der Waals surface area contributed by atoms with Gasteiger partial charge in [0, 0.05) is 29.7 Å². The third-order valence-electron chi connectivity index (χ3n) is 2.95. The number of benzene rings is 1. The Kier molecular flexibility index (Phi) is 6.00. The Morgan fingerprint density at radius 3 is 2.86 bits per heavy atom. The van der Waals surface area contributed by atoms with Crippen molar-refractivity contribution in [1.29, 1.82) is 0 Å². The molecule has 0 atom stereocenters. The molecule has 0 aliphatic heterocycles. The van der Waals surface area contributed by atoms with E-state index < -0.39 is 0 Å². The molecule has 4 nitrogen and oxygen atoms in total. The van der Waals surface area contributed by atoms with Crippen LogP contribution in [0.5, 0.6) is 0 Å². The molecule has 1 heterocycles. The monoisotopic (exact) mass is 321 g/mol. The van der Waals surface area contributed by atoms with Crippen molar-refractivity contribution < 1.29 is 9.18 Å². The molecule has 0 saturated carbocycles. The maximum absolute atomic E-state index is 13.5. The van der Waals surface area contributed by atoms with Crippen LogP contribution in [-0.2, 0) is 11.3 Å². The Hall–Kier alpha value is -1.82. The highest BCUT2D eigenvalue weighted by atomic mass is 32.2. The quantitative estimate of drug-likeness (QED) is 0.789. The van der Waals surface area contributed by atoms with E-state index in [4.69, 9.17) is 0 Å². The molecule has 1 aromatic heterocycles. The fourth-order valence-corrected chi connectivity index (χ4v) is 2.84. The third kappa shape index (κ3) is 4.87. The number of thioether (sulfide) groups is 1. The van der Waals surface area contributed by atoms with E-state index >= 15 is 0 Å². The van der Waals surface area contributed by atoms with Gasteiger partial charge in [-0.3, -0.25) is 4.79 Å². The molecular weight excluding hydrogens is 301 g/mol. The van der Waals surface area contributed by atoms with Crippen molar-refractivity contribution in [1.82, 2.24) is 9.78 Å². The molecule has 0 saturated heterocycles. The summed E-state index contributed by atoms with van der Waals surface area (Å²) in [6.07, 6.45) is 2.00. The second kappa shape index (κ2) is 7.98. The van der Waals surface area contributed by atoms with Crippen molar-refractivity contribution >= 4 is 23.5 Å². The topological polar surface area (TPSA) is 46.9 Å². The largest absolute Gasteiger partial charge is 0.311 e. The van der Waals surface area contributed by atoms with Gasteiger partial charge in [0.25, 0.3) is 0 Å². The molecule has 6 heteroatoms. The van der Waals surface area contributed by atoms with Gasteiger partial charge in [0.1, 0.15) is 11.6 Å². The Morgan fingerprint density at radius 2 is 2.14 bits per heavy atom. The number of hydrogen-bond acceptors (Lipinski definition) is 3. The van der Waals surface area contributed by atoms with Crippen molar-refractivity contribution in [3.05, 3.63) is 42.3 Å². The number of aromatic nitrogens is 2. The van der Waals surface area contributed by atoms with Crippen molar-refractivity contribution in [3.63, 3.8) is 0 Å². The zero-order valence-electron chi connectivity index (χ0n) is 12.8. The Bertz CT molecular complexity index is 627. The van der Waals surface area contributed by atoms with Gasteiger partial charge in [0.15, 0.2) is 0 Å². The molecule has 0 unspecified atom stereocenters. The molecule has 2 rings (SSSR count). The molecular formula is C16H20FN3OS. The van der Waals surface area contributed by atoms with Crippen LogP contribution in [0.15, 0.2) is 41.4 Å². The van der Waals surface area contributed by atoms with Crippen LogP contribution in [0.3, 0.4) is 0 Å². The minimum atomic E-state index is -0.247. The van der Waals surface area contributed by atoms with E-state index in [-0.39, 0.29) is 11.7 Å². The SMILES string of the molecule is CC(C)Cn1nccc1NC(=O)CCSc1ccccc1F. The number of carbonyl (C=O) groups is 1. The van der Waals surface area contributed by atoms with E-state index in [1.165, 1.54) is 17.8 Å². The van der Waals surface area contributed by atoms with Crippen LogP contribution in [0.1, 0.15) is 20.3 Å².